The Bertz CT molecular complexity index is 493. The molecule has 2 aromatic rings. The van der Waals surface area contributed by atoms with E-state index in [-0.39, 0.29) is 0 Å². The van der Waals surface area contributed by atoms with Crippen molar-refractivity contribution in [3.05, 3.63) is 51.7 Å². The lowest BCUT2D eigenvalue weighted by Gasteiger charge is -2.05. The van der Waals surface area contributed by atoms with Crippen molar-refractivity contribution in [2.24, 2.45) is 0 Å². The SMILES string of the molecule is c1csc(CNCc2ccc3c(c2)CCO3)c1. The van der Waals surface area contributed by atoms with E-state index >= 15 is 0 Å². The van der Waals surface area contributed by atoms with E-state index in [1.54, 1.807) is 11.3 Å². The van der Waals surface area contributed by atoms with Crippen LogP contribution in [0.2, 0.25) is 0 Å². The zero-order valence-electron chi connectivity index (χ0n) is 9.61. The molecule has 3 rings (SSSR count). The predicted octanol–water partition coefficient (Wildman–Crippen LogP) is 2.97. The first-order valence-corrected chi connectivity index (χ1v) is 6.77. The molecule has 1 N–H and O–H groups in total. The normalized spacial score (nSPS) is 13.4. The van der Waals surface area contributed by atoms with E-state index in [0.717, 1.165) is 31.9 Å². The second kappa shape index (κ2) is 4.90. The summed E-state index contributed by atoms with van der Waals surface area (Å²) in [5.74, 6) is 1.06. The Kier molecular flexibility index (Phi) is 3.12. The highest BCUT2D eigenvalue weighted by Crippen LogP contribution is 2.25. The lowest BCUT2D eigenvalue weighted by atomic mass is 10.1. The number of hydrogen-bond donors (Lipinski definition) is 1. The van der Waals surface area contributed by atoms with Crippen molar-refractivity contribution < 1.29 is 4.74 Å². The Hall–Kier alpha value is -1.32. The number of benzene rings is 1. The van der Waals surface area contributed by atoms with Crippen molar-refractivity contribution in [1.29, 1.82) is 0 Å². The van der Waals surface area contributed by atoms with E-state index in [4.69, 9.17) is 4.74 Å². The Morgan fingerprint density at radius 1 is 1.24 bits per heavy atom. The van der Waals surface area contributed by atoms with Crippen LogP contribution in [0.25, 0.3) is 0 Å². The van der Waals surface area contributed by atoms with Gasteiger partial charge in [0.05, 0.1) is 6.61 Å². The average Bonchev–Trinajstić information content (AvgIpc) is 2.98. The molecular formula is C14H15NOS. The molecule has 0 radical (unpaired) electrons. The fourth-order valence-electron chi connectivity index (χ4n) is 2.09. The summed E-state index contributed by atoms with van der Waals surface area (Å²) in [5.41, 5.74) is 2.69. The molecule has 0 unspecified atom stereocenters. The summed E-state index contributed by atoms with van der Waals surface area (Å²) in [5, 5.41) is 5.58. The van der Waals surface area contributed by atoms with Crippen LogP contribution >= 0.6 is 11.3 Å². The smallest absolute Gasteiger partial charge is 0.122 e. The summed E-state index contributed by atoms with van der Waals surface area (Å²) in [6, 6.07) is 10.7. The molecule has 0 fully saturated rings. The maximum absolute atomic E-state index is 5.50. The molecule has 1 aliphatic heterocycles. The number of ether oxygens (including phenoxy) is 1. The molecule has 1 aliphatic rings. The van der Waals surface area contributed by atoms with Gasteiger partial charge in [-0.25, -0.2) is 0 Å². The fraction of sp³-hybridized carbons (Fsp3) is 0.286. The van der Waals surface area contributed by atoms with Gasteiger partial charge in [-0.15, -0.1) is 11.3 Å². The Labute approximate surface area is 105 Å². The van der Waals surface area contributed by atoms with Crippen LogP contribution in [0, 0.1) is 0 Å². The van der Waals surface area contributed by atoms with E-state index in [1.165, 1.54) is 16.0 Å². The standard InChI is InChI=1S/C14H15NOS/c1-2-13(17-7-1)10-15-9-11-3-4-14-12(8-11)5-6-16-14/h1-4,7-8,15H,5-6,9-10H2. The van der Waals surface area contributed by atoms with Crippen molar-refractivity contribution in [2.45, 2.75) is 19.5 Å². The van der Waals surface area contributed by atoms with Crippen LogP contribution in [0.1, 0.15) is 16.0 Å². The minimum Gasteiger partial charge on any atom is -0.493 e. The quantitative estimate of drug-likeness (QED) is 0.894. The molecule has 0 atom stereocenters. The molecule has 0 saturated heterocycles. The number of thiophene rings is 1. The van der Waals surface area contributed by atoms with Gasteiger partial charge < -0.3 is 10.1 Å². The van der Waals surface area contributed by atoms with Gasteiger partial charge in [-0.2, -0.15) is 0 Å². The molecule has 2 heterocycles. The predicted molar refractivity (Wildman–Crippen MR) is 70.5 cm³/mol. The number of nitrogens with one attached hydrogen (secondary N) is 1. The van der Waals surface area contributed by atoms with Crippen LogP contribution in [-0.4, -0.2) is 6.61 Å². The third-order valence-electron chi connectivity index (χ3n) is 2.96. The summed E-state index contributed by atoms with van der Waals surface area (Å²) in [6.07, 6.45) is 1.05. The second-order valence-corrected chi connectivity index (χ2v) is 5.26. The third kappa shape index (κ3) is 2.51. The first kappa shape index (κ1) is 10.8. The Balaban J connectivity index is 1.58. The molecule has 0 aliphatic carbocycles. The average molecular weight is 245 g/mol. The third-order valence-corrected chi connectivity index (χ3v) is 3.84. The van der Waals surface area contributed by atoms with Gasteiger partial charge in [-0.05, 0) is 28.6 Å². The lowest BCUT2D eigenvalue weighted by Crippen LogP contribution is -2.11. The highest BCUT2D eigenvalue weighted by atomic mass is 32.1. The molecule has 88 valence electrons. The van der Waals surface area contributed by atoms with Crippen LogP contribution in [0.3, 0.4) is 0 Å². The monoisotopic (exact) mass is 245 g/mol. The molecular weight excluding hydrogens is 230 g/mol. The van der Waals surface area contributed by atoms with Crippen LogP contribution in [-0.2, 0) is 19.5 Å². The summed E-state index contributed by atoms with van der Waals surface area (Å²) >= 11 is 1.80. The summed E-state index contributed by atoms with van der Waals surface area (Å²) in [6.45, 7) is 2.71. The van der Waals surface area contributed by atoms with Crippen LogP contribution < -0.4 is 10.1 Å². The summed E-state index contributed by atoms with van der Waals surface area (Å²) in [4.78, 5) is 1.38. The molecule has 0 saturated carbocycles. The van der Waals surface area contributed by atoms with Gasteiger partial charge in [0, 0.05) is 24.4 Å². The number of hydrogen-bond acceptors (Lipinski definition) is 3. The maximum Gasteiger partial charge on any atom is 0.122 e. The zero-order chi connectivity index (χ0) is 11.5. The van der Waals surface area contributed by atoms with Crippen molar-refractivity contribution in [1.82, 2.24) is 5.32 Å². The molecule has 0 bridgehead atoms. The maximum atomic E-state index is 5.50. The van der Waals surface area contributed by atoms with E-state index < -0.39 is 0 Å². The molecule has 1 aromatic carbocycles. The van der Waals surface area contributed by atoms with Crippen molar-refractivity contribution in [3.63, 3.8) is 0 Å². The molecule has 17 heavy (non-hydrogen) atoms. The first-order chi connectivity index (χ1) is 8.42. The van der Waals surface area contributed by atoms with Crippen LogP contribution in [0.5, 0.6) is 5.75 Å². The van der Waals surface area contributed by atoms with Gasteiger partial charge in [0.15, 0.2) is 0 Å². The second-order valence-electron chi connectivity index (χ2n) is 4.22. The van der Waals surface area contributed by atoms with Gasteiger partial charge in [-0.1, -0.05) is 18.2 Å². The largest absolute Gasteiger partial charge is 0.493 e. The molecule has 1 aromatic heterocycles. The fourth-order valence-corrected chi connectivity index (χ4v) is 2.77. The van der Waals surface area contributed by atoms with Gasteiger partial charge >= 0.3 is 0 Å². The molecule has 2 nitrogen and oxygen atoms in total. The van der Waals surface area contributed by atoms with Crippen molar-refractivity contribution in [2.75, 3.05) is 6.61 Å². The van der Waals surface area contributed by atoms with E-state index in [9.17, 15) is 0 Å². The number of rotatable bonds is 4. The molecule has 3 heteroatoms. The molecule has 0 spiro atoms. The van der Waals surface area contributed by atoms with Gasteiger partial charge in [0.2, 0.25) is 0 Å². The molecule has 0 amide bonds. The van der Waals surface area contributed by atoms with E-state index in [2.05, 4.69) is 41.0 Å². The van der Waals surface area contributed by atoms with Crippen molar-refractivity contribution in [3.8, 4) is 5.75 Å². The Morgan fingerprint density at radius 2 is 2.24 bits per heavy atom. The van der Waals surface area contributed by atoms with E-state index in [0.29, 0.717) is 0 Å². The topological polar surface area (TPSA) is 21.3 Å². The minimum absolute atomic E-state index is 0.835. The van der Waals surface area contributed by atoms with Gasteiger partial charge in [-0.3, -0.25) is 0 Å². The zero-order valence-corrected chi connectivity index (χ0v) is 10.4. The van der Waals surface area contributed by atoms with E-state index in [1.807, 2.05) is 0 Å². The van der Waals surface area contributed by atoms with Gasteiger partial charge in [0.1, 0.15) is 5.75 Å². The van der Waals surface area contributed by atoms with Crippen LogP contribution in [0.4, 0.5) is 0 Å². The lowest BCUT2D eigenvalue weighted by molar-refractivity contribution is 0.357. The summed E-state index contributed by atoms with van der Waals surface area (Å²) < 4.78 is 5.50. The Morgan fingerprint density at radius 3 is 3.12 bits per heavy atom. The minimum atomic E-state index is 0.835. The highest BCUT2D eigenvalue weighted by molar-refractivity contribution is 7.09. The van der Waals surface area contributed by atoms with Crippen molar-refractivity contribution >= 4 is 11.3 Å². The number of fused-ring (bicyclic) bond motifs is 1. The summed E-state index contributed by atoms with van der Waals surface area (Å²) in [7, 11) is 0. The van der Waals surface area contributed by atoms with Crippen LogP contribution in [0.15, 0.2) is 35.7 Å². The first-order valence-electron chi connectivity index (χ1n) is 5.89. The highest BCUT2D eigenvalue weighted by Gasteiger charge is 2.11. The van der Waals surface area contributed by atoms with Gasteiger partial charge in [0.25, 0.3) is 0 Å².